The number of pyridine rings is 1. The SMILES string of the molecule is CC(C)(C)C(=O)[C@@H]1[C@H](c2cccnc2)C(C#N)(C#N)[C@@H]2C=Cc3ccccc3N12. The summed E-state index contributed by atoms with van der Waals surface area (Å²) in [5, 5.41) is 20.5. The summed E-state index contributed by atoms with van der Waals surface area (Å²) in [5.41, 5.74) is 0.556. The van der Waals surface area contributed by atoms with Crippen LogP contribution in [0.5, 0.6) is 0 Å². The predicted molar refractivity (Wildman–Crippen MR) is 111 cm³/mol. The zero-order valence-electron chi connectivity index (χ0n) is 16.7. The van der Waals surface area contributed by atoms with Crippen molar-refractivity contribution in [3.63, 3.8) is 0 Å². The minimum absolute atomic E-state index is 0.00818. The van der Waals surface area contributed by atoms with Crippen LogP contribution in [0.25, 0.3) is 6.08 Å². The highest BCUT2D eigenvalue weighted by molar-refractivity contribution is 5.96. The third kappa shape index (κ3) is 2.66. The number of ketones is 1. The summed E-state index contributed by atoms with van der Waals surface area (Å²) in [6.07, 6.45) is 7.17. The van der Waals surface area contributed by atoms with E-state index in [-0.39, 0.29) is 5.78 Å². The maximum absolute atomic E-state index is 13.7. The van der Waals surface area contributed by atoms with Gasteiger partial charge in [-0.25, -0.2) is 0 Å². The van der Waals surface area contributed by atoms with E-state index in [1.165, 1.54) is 0 Å². The molecule has 0 spiro atoms. The molecular formula is C24H22N4O. The Kier molecular flexibility index (Phi) is 4.28. The van der Waals surface area contributed by atoms with E-state index in [1.54, 1.807) is 18.5 Å². The van der Waals surface area contributed by atoms with E-state index in [1.807, 2.05) is 68.2 Å². The molecule has 1 fully saturated rings. The van der Waals surface area contributed by atoms with E-state index in [0.717, 1.165) is 16.8 Å². The monoisotopic (exact) mass is 382 g/mol. The minimum Gasteiger partial charge on any atom is -0.351 e. The van der Waals surface area contributed by atoms with Crippen LogP contribution in [-0.4, -0.2) is 22.9 Å². The summed E-state index contributed by atoms with van der Waals surface area (Å²) < 4.78 is 0. The number of hydrogen-bond donors (Lipinski definition) is 0. The first-order chi connectivity index (χ1) is 13.8. The molecule has 0 bridgehead atoms. The third-order valence-corrected chi connectivity index (χ3v) is 5.97. The smallest absolute Gasteiger partial charge is 0.176 e. The first kappa shape index (κ1) is 18.9. The van der Waals surface area contributed by atoms with Gasteiger partial charge in [0.25, 0.3) is 0 Å². The molecule has 3 atom stereocenters. The van der Waals surface area contributed by atoms with Crippen molar-refractivity contribution >= 4 is 17.5 Å². The van der Waals surface area contributed by atoms with Crippen molar-refractivity contribution in [1.29, 1.82) is 10.5 Å². The molecular weight excluding hydrogens is 360 g/mol. The Morgan fingerprint density at radius 2 is 1.86 bits per heavy atom. The van der Waals surface area contributed by atoms with Gasteiger partial charge < -0.3 is 4.90 Å². The molecule has 2 aromatic rings. The number of fused-ring (bicyclic) bond motifs is 3. The van der Waals surface area contributed by atoms with Gasteiger partial charge in [0.05, 0.1) is 24.2 Å². The summed E-state index contributed by atoms with van der Waals surface area (Å²) in [6, 6.07) is 14.9. The number of carbonyl (C=O) groups is 1. The lowest BCUT2D eigenvalue weighted by molar-refractivity contribution is -0.127. The minimum atomic E-state index is -1.40. The van der Waals surface area contributed by atoms with Crippen LogP contribution in [0.2, 0.25) is 0 Å². The molecule has 5 heteroatoms. The van der Waals surface area contributed by atoms with Crippen LogP contribution in [0, 0.1) is 33.5 Å². The number of aromatic nitrogens is 1. The number of hydrogen-bond acceptors (Lipinski definition) is 5. The number of carbonyl (C=O) groups excluding carboxylic acids is 1. The summed E-state index contributed by atoms with van der Waals surface area (Å²) >= 11 is 0. The van der Waals surface area contributed by atoms with Gasteiger partial charge >= 0.3 is 0 Å². The summed E-state index contributed by atoms with van der Waals surface area (Å²) in [4.78, 5) is 19.9. The number of Topliss-reactive ketones (excluding diaryl/α,β-unsaturated/α-hetero) is 1. The molecule has 0 radical (unpaired) electrons. The zero-order valence-corrected chi connectivity index (χ0v) is 16.7. The van der Waals surface area contributed by atoms with Gasteiger partial charge in [-0.15, -0.1) is 0 Å². The lowest BCUT2D eigenvalue weighted by Gasteiger charge is -2.37. The van der Waals surface area contributed by atoms with Gasteiger partial charge in [-0.3, -0.25) is 9.78 Å². The van der Waals surface area contributed by atoms with Crippen molar-refractivity contribution in [2.24, 2.45) is 10.8 Å². The topological polar surface area (TPSA) is 80.8 Å². The largest absolute Gasteiger partial charge is 0.351 e. The van der Waals surface area contributed by atoms with E-state index in [0.29, 0.717) is 0 Å². The van der Waals surface area contributed by atoms with Crippen molar-refractivity contribution in [1.82, 2.24) is 4.98 Å². The van der Waals surface area contributed by atoms with Crippen LogP contribution in [0.3, 0.4) is 0 Å². The normalized spacial score (nSPS) is 24.2. The van der Waals surface area contributed by atoms with Crippen LogP contribution in [0.1, 0.15) is 37.8 Å². The number of nitrogens with zero attached hydrogens (tertiary/aromatic N) is 4. The third-order valence-electron chi connectivity index (χ3n) is 5.97. The molecule has 2 aliphatic heterocycles. The van der Waals surface area contributed by atoms with Crippen LogP contribution < -0.4 is 4.90 Å². The second-order valence-electron chi connectivity index (χ2n) is 8.69. The van der Waals surface area contributed by atoms with Crippen molar-refractivity contribution in [3.8, 4) is 12.1 Å². The first-order valence-electron chi connectivity index (χ1n) is 9.67. The van der Waals surface area contributed by atoms with E-state index in [2.05, 4.69) is 17.1 Å². The van der Waals surface area contributed by atoms with Gasteiger partial charge in [-0.05, 0) is 23.3 Å². The van der Waals surface area contributed by atoms with Crippen molar-refractivity contribution in [2.75, 3.05) is 4.90 Å². The lowest BCUT2D eigenvalue weighted by atomic mass is 9.68. The Labute approximate surface area is 170 Å². The first-order valence-corrected chi connectivity index (χ1v) is 9.67. The van der Waals surface area contributed by atoms with E-state index in [4.69, 9.17) is 0 Å². The average Bonchev–Trinajstić information content (AvgIpc) is 3.04. The fourth-order valence-electron chi connectivity index (χ4n) is 4.61. The van der Waals surface area contributed by atoms with E-state index < -0.39 is 28.8 Å². The van der Waals surface area contributed by atoms with Crippen LogP contribution in [0.15, 0.2) is 54.9 Å². The molecule has 1 aromatic heterocycles. The molecule has 144 valence electrons. The number of para-hydroxylation sites is 1. The van der Waals surface area contributed by atoms with Crippen LogP contribution in [0.4, 0.5) is 5.69 Å². The van der Waals surface area contributed by atoms with Crippen LogP contribution >= 0.6 is 0 Å². The molecule has 0 unspecified atom stereocenters. The molecule has 29 heavy (non-hydrogen) atoms. The van der Waals surface area contributed by atoms with Gasteiger partial charge in [-0.1, -0.05) is 57.2 Å². The van der Waals surface area contributed by atoms with E-state index >= 15 is 0 Å². The summed E-state index contributed by atoms with van der Waals surface area (Å²) in [5.74, 6) is -0.604. The molecule has 1 aromatic carbocycles. The highest BCUT2D eigenvalue weighted by Gasteiger charge is 2.64. The number of nitriles is 2. The molecule has 1 saturated heterocycles. The summed E-state index contributed by atoms with van der Waals surface area (Å²) in [6.45, 7) is 5.65. The van der Waals surface area contributed by atoms with Gasteiger partial charge in [0, 0.05) is 29.4 Å². The quantitative estimate of drug-likeness (QED) is 0.781. The van der Waals surface area contributed by atoms with Gasteiger partial charge in [-0.2, -0.15) is 10.5 Å². The standard InChI is InChI=1S/C24H22N4O/c1-23(2,3)22(29)21-20(17-8-6-12-27-13-17)24(14-25,15-26)19-11-10-16-7-4-5-9-18(16)28(19)21/h4-13,19-21H,1-3H3/t19-,20-,21-/m0/s1. The Balaban J connectivity index is 2.03. The molecule has 4 rings (SSSR count). The highest BCUT2D eigenvalue weighted by atomic mass is 16.1. The van der Waals surface area contributed by atoms with E-state index in [9.17, 15) is 15.3 Å². The van der Waals surface area contributed by atoms with Gasteiger partial charge in [0.1, 0.15) is 0 Å². The molecule has 0 N–H and O–H groups in total. The fraction of sp³-hybridized carbons (Fsp3) is 0.333. The Morgan fingerprint density at radius 3 is 2.48 bits per heavy atom. The second kappa shape index (κ2) is 6.57. The Morgan fingerprint density at radius 1 is 1.14 bits per heavy atom. The molecule has 0 saturated carbocycles. The Hall–Kier alpha value is -3.44. The second-order valence-corrected chi connectivity index (χ2v) is 8.69. The zero-order chi connectivity index (χ0) is 20.8. The van der Waals surface area contributed by atoms with Crippen molar-refractivity contribution in [2.45, 2.75) is 38.8 Å². The maximum atomic E-state index is 13.7. The number of rotatable bonds is 2. The molecule has 5 nitrogen and oxygen atoms in total. The lowest BCUT2D eigenvalue weighted by Crippen LogP contribution is -2.47. The van der Waals surface area contributed by atoms with Crippen molar-refractivity contribution in [3.05, 3.63) is 66.0 Å². The molecule has 3 heterocycles. The van der Waals surface area contributed by atoms with Crippen molar-refractivity contribution < 1.29 is 4.79 Å². The van der Waals surface area contributed by atoms with Crippen LogP contribution in [-0.2, 0) is 4.79 Å². The van der Waals surface area contributed by atoms with Gasteiger partial charge in [0.2, 0.25) is 0 Å². The fourth-order valence-corrected chi connectivity index (χ4v) is 4.61. The molecule has 0 aliphatic carbocycles. The van der Waals surface area contributed by atoms with Gasteiger partial charge in [0.15, 0.2) is 11.2 Å². The highest BCUT2D eigenvalue weighted by Crippen LogP contribution is 2.55. The predicted octanol–water partition coefficient (Wildman–Crippen LogP) is 4.10. The Bertz CT molecular complexity index is 1050. The average molecular weight is 382 g/mol. The number of anilines is 1. The molecule has 0 amide bonds. The number of benzene rings is 1. The molecule has 2 aliphatic rings. The maximum Gasteiger partial charge on any atom is 0.176 e. The summed E-state index contributed by atoms with van der Waals surface area (Å²) in [7, 11) is 0.